The van der Waals surface area contributed by atoms with Crippen LogP contribution in [0.5, 0.6) is 0 Å². The molecular weight excluding hydrogens is 294 g/mol. The minimum atomic E-state index is -3.52. The zero-order chi connectivity index (χ0) is 15.7. The van der Waals surface area contributed by atoms with E-state index < -0.39 is 15.4 Å². The Labute approximate surface area is 125 Å². The molecule has 0 aromatic heterocycles. The Morgan fingerprint density at radius 3 is 2.71 bits per heavy atom. The van der Waals surface area contributed by atoms with Crippen LogP contribution in [-0.4, -0.2) is 62.5 Å². The van der Waals surface area contributed by atoms with Gasteiger partial charge in [0.1, 0.15) is 0 Å². The molecule has 2 fully saturated rings. The molecule has 7 nitrogen and oxygen atoms in total. The second-order valence-electron chi connectivity index (χ2n) is 6.15. The van der Waals surface area contributed by atoms with Crippen LogP contribution in [0.2, 0.25) is 0 Å². The van der Waals surface area contributed by atoms with Crippen LogP contribution in [0.3, 0.4) is 0 Å². The average Bonchev–Trinajstić information content (AvgIpc) is 2.80. The summed E-state index contributed by atoms with van der Waals surface area (Å²) < 4.78 is 21.7. The van der Waals surface area contributed by atoms with E-state index in [1.165, 1.54) is 0 Å². The van der Waals surface area contributed by atoms with E-state index in [2.05, 4.69) is 0 Å². The van der Waals surface area contributed by atoms with Crippen molar-refractivity contribution in [3.05, 3.63) is 0 Å². The number of amides is 2. The van der Waals surface area contributed by atoms with Crippen LogP contribution in [0.25, 0.3) is 0 Å². The first-order valence-electron chi connectivity index (χ1n) is 7.27. The number of carbonyl (C=O) groups excluding carboxylic acids is 2. The van der Waals surface area contributed by atoms with E-state index in [1.807, 2.05) is 0 Å². The monoisotopic (exact) mass is 317 g/mol. The van der Waals surface area contributed by atoms with Crippen molar-refractivity contribution in [2.24, 2.45) is 10.6 Å². The van der Waals surface area contributed by atoms with Crippen LogP contribution < -0.4 is 5.14 Å². The standard InChI is InChI=1S/C13H23N3O4S/c1-15-7-3-5-13(12(15)18)6-8-16(10-13)11(17)4-2-9-21(14,19)20/h2-10H2,1H3,(H2,14,19,20). The molecule has 1 atom stereocenters. The Balaban J connectivity index is 1.90. The van der Waals surface area contributed by atoms with Gasteiger partial charge in [0.2, 0.25) is 21.8 Å². The van der Waals surface area contributed by atoms with Crippen molar-refractivity contribution in [3.8, 4) is 0 Å². The lowest BCUT2D eigenvalue weighted by molar-refractivity contribution is -0.144. The first-order chi connectivity index (χ1) is 9.73. The van der Waals surface area contributed by atoms with E-state index in [0.29, 0.717) is 19.5 Å². The molecule has 2 aliphatic heterocycles. The van der Waals surface area contributed by atoms with Crippen LogP contribution in [0.1, 0.15) is 32.1 Å². The molecule has 2 amide bonds. The summed E-state index contributed by atoms with van der Waals surface area (Å²) in [6.45, 7) is 1.82. The lowest BCUT2D eigenvalue weighted by Crippen LogP contribution is -2.48. The molecule has 0 aliphatic carbocycles. The summed E-state index contributed by atoms with van der Waals surface area (Å²) in [5, 5.41) is 4.92. The molecule has 2 N–H and O–H groups in total. The van der Waals surface area contributed by atoms with E-state index in [9.17, 15) is 18.0 Å². The Bertz CT molecular complexity index is 534. The van der Waals surface area contributed by atoms with Crippen LogP contribution in [0.4, 0.5) is 0 Å². The number of primary sulfonamides is 1. The van der Waals surface area contributed by atoms with Crippen molar-refractivity contribution in [3.63, 3.8) is 0 Å². The third kappa shape index (κ3) is 3.74. The fourth-order valence-corrected chi connectivity index (χ4v) is 3.86. The molecule has 2 aliphatic rings. The highest BCUT2D eigenvalue weighted by Gasteiger charge is 2.48. The van der Waals surface area contributed by atoms with E-state index in [4.69, 9.17) is 5.14 Å². The first kappa shape index (κ1) is 16.2. The highest BCUT2D eigenvalue weighted by atomic mass is 32.2. The van der Waals surface area contributed by atoms with E-state index in [1.54, 1.807) is 16.8 Å². The van der Waals surface area contributed by atoms with Crippen LogP contribution in [-0.2, 0) is 19.6 Å². The average molecular weight is 317 g/mol. The summed E-state index contributed by atoms with van der Waals surface area (Å²) >= 11 is 0. The van der Waals surface area contributed by atoms with Crippen molar-refractivity contribution in [2.75, 3.05) is 32.4 Å². The third-order valence-corrected chi connectivity index (χ3v) is 5.33. The fraction of sp³-hybridized carbons (Fsp3) is 0.846. The van der Waals surface area contributed by atoms with Crippen molar-refractivity contribution >= 4 is 21.8 Å². The second kappa shape index (κ2) is 5.92. The molecule has 8 heteroatoms. The molecule has 0 aromatic carbocycles. The van der Waals surface area contributed by atoms with E-state index in [0.717, 1.165) is 19.4 Å². The molecule has 21 heavy (non-hydrogen) atoms. The van der Waals surface area contributed by atoms with Gasteiger partial charge in [0.05, 0.1) is 11.2 Å². The van der Waals surface area contributed by atoms with Crippen molar-refractivity contribution < 1.29 is 18.0 Å². The van der Waals surface area contributed by atoms with Gasteiger partial charge in [0, 0.05) is 33.1 Å². The summed E-state index contributed by atoms with van der Waals surface area (Å²) in [7, 11) is -1.71. The van der Waals surface area contributed by atoms with Gasteiger partial charge in [-0.1, -0.05) is 0 Å². The quantitative estimate of drug-likeness (QED) is 0.757. The van der Waals surface area contributed by atoms with Crippen molar-refractivity contribution in [1.82, 2.24) is 9.80 Å². The van der Waals surface area contributed by atoms with Gasteiger partial charge >= 0.3 is 0 Å². The van der Waals surface area contributed by atoms with Gasteiger partial charge in [-0.25, -0.2) is 13.6 Å². The third-order valence-electron chi connectivity index (χ3n) is 4.48. The zero-order valence-electron chi connectivity index (χ0n) is 12.4. The number of sulfonamides is 1. The van der Waals surface area contributed by atoms with Gasteiger partial charge in [-0.3, -0.25) is 9.59 Å². The number of nitrogens with zero attached hydrogens (tertiary/aromatic N) is 2. The fourth-order valence-electron chi connectivity index (χ4n) is 3.31. The van der Waals surface area contributed by atoms with Gasteiger partial charge in [0.25, 0.3) is 0 Å². The zero-order valence-corrected chi connectivity index (χ0v) is 13.2. The number of piperidine rings is 1. The van der Waals surface area contributed by atoms with Gasteiger partial charge < -0.3 is 9.80 Å². The minimum absolute atomic E-state index is 0.0865. The van der Waals surface area contributed by atoms with E-state index >= 15 is 0 Å². The summed E-state index contributed by atoms with van der Waals surface area (Å²) in [6.07, 6.45) is 2.90. The molecule has 2 rings (SSSR count). The lowest BCUT2D eigenvalue weighted by Gasteiger charge is -2.37. The number of rotatable bonds is 4. The SMILES string of the molecule is CN1CCCC2(CCN(C(=O)CCCS(N)(=O)=O)C2)C1=O. The normalized spacial score (nSPS) is 26.7. The maximum atomic E-state index is 12.4. The number of carbonyl (C=O) groups is 2. The topological polar surface area (TPSA) is 101 Å². The van der Waals surface area contributed by atoms with E-state index in [-0.39, 0.29) is 30.4 Å². The maximum Gasteiger partial charge on any atom is 0.230 e. The highest BCUT2D eigenvalue weighted by molar-refractivity contribution is 7.89. The summed E-state index contributed by atoms with van der Waals surface area (Å²) in [5.74, 6) is -0.135. The number of likely N-dealkylation sites (tertiary alicyclic amines) is 2. The molecule has 0 aromatic rings. The summed E-state index contributed by atoms with van der Waals surface area (Å²) in [6, 6.07) is 0. The Morgan fingerprint density at radius 2 is 2.05 bits per heavy atom. The molecule has 0 saturated carbocycles. The number of nitrogens with two attached hydrogens (primary N) is 1. The molecule has 1 unspecified atom stereocenters. The number of hydrogen-bond acceptors (Lipinski definition) is 4. The predicted octanol–water partition coefficient (Wildman–Crippen LogP) is -0.474. The summed E-state index contributed by atoms with van der Waals surface area (Å²) in [4.78, 5) is 27.9. The molecule has 1 spiro atoms. The minimum Gasteiger partial charge on any atom is -0.345 e. The largest absolute Gasteiger partial charge is 0.345 e. The van der Waals surface area contributed by atoms with Gasteiger partial charge in [-0.2, -0.15) is 0 Å². The van der Waals surface area contributed by atoms with Gasteiger partial charge in [-0.15, -0.1) is 0 Å². The lowest BCUT2D eigenvalue weighted by atomic mass is 9.78. The predicted molar refractivity (Wildman–Crippen MR) is 77.7 cm³/mol. The van der Waals surface area contributed by atoms with Gasteiger partial charge in [0.15, 0.2) is 0 Å². The highest BCUT2D eigenvalue weighted by Crippen LogP contribution is 2.39. The molecule has 120 valence electrons. The molecular formula is C13H23N3O4S. The molecule has 2 saturated heterocycles. The van der Waals surface area contributed by atoms with Crippen LogP contribution in [0.15, 0.2) is 0 Å². The Morgan fingerprint density at radius 1 is 1.33 bits per heavy atom. The maximum absolute atomic E-state index is 12.4. The molecule has 0 radical (unpaired) electrons. The number of hydrogen-bond donors (Lipinski definition) is 1. The van der Waals surface area contributed by atoms with Crippen LogP contribution in [0, 0.1) is 5.41 Å². The van der Waals surface area contributed by atoms with Crippen molar-refractivity contribution in [1.29, 1.82) is 0 Å². The summed E-state index contributed by atoms with van der Waals surface area (Å²) in [5.41, 5.74) is -0.414. The Kier molecular flexibility index (Phi) is 4.57. The molecule has 2 heterocycles. The second-order valence-corrected chi connectivity index (χ2v) is 7.88. The van der Waals surface area contributed by atoms with Crippen LogP contribution >= 0.6 is 0 Å². The Hall–Kier alpha value is -1.15. The van der Waals surface area contributed by atoms with Gasteiger partial charge in [-0.05, 0) is 25.7 Å². The smallest absolute Gasteiger partial charge is 0.230 e. The van der Waals surface area contributed by atoms with Crippen molar-refractivity contribution in [2.45, 2.75) is 32.1 Å². The first-order valence-corrected chi connectivity index (χ1v) is 8.99. The molecule has 0 bridgehead atoms.